The molecule has 0 amide bonds. The first-order valence-corrected chi connectivity index (χ1v) is 11.3. The molecule has 1 saturated heterocycles. The van der Waals surface area contributed by atoms with Crippen molar-refractivity contribution < 1.29 is 4.74 Å². The molecule has 0 spiro atoms. The van der Waals surface area contributed by atoms with E-state index in [1.165, 1.54) is 29.7 Å². The van der Waals surface area contributed by atoms with Crippen molar-refractivity contribution in [3.05, 3.63) is 53.5 Å². The summed E-state index contributed by atoms with van der Waals surface area (Å²) in [5.74, 6) is 1.61. The van der Waals surface area contributed by atoms with E-state index in [4.69, 9.17) is 4.74 Å². The fourth-order valence-electron chi connectivity index (χ4n) is 5.34. The standard InChI is InChI=1S/C24H29N5O/c1-15-13-30-11-10-29(15)21-9-8-16-4-2-3-5-18(16)22(21)28-24-19-12-20(17-6-7-17)27-23(19)25-14-26-24/h2-5,12,14-15,17,21-22H,6-11,13H2,1H3,(H2,25,26,27,28)/t15-,21-,22-/m0/s1. The number of fused-ring (bicyclic) bond motifs is 2. The number of aromatic amines is 1. The molecule has 0 bridgehead atoms. The van der Waals surface area contributed by atoms with Crippen LogP contribution in [0.1, 0.15) is 55.0 Å². The van der Waals surface area contributed by atoms with Gasteiger partial charge in [0.2, 0.25) is 0 Å². The Morgan fingerprint density at radius 2 is 2.07 bits per heavy atom. The van der Waals surface area contributed by atoms with Crippen molar-refractivity contribution >= 4 is 16.9 Å². The number of anilines is 1. The van der Waals surface area contributed by atoms with Crippen molar-refractivity contribution in [2.24, 2.45) is 0 Å². The van der Waals surface area contributed by atoms with Crippen molar-refractivity contribution in [1.29, 1.82) is 0 Å². The first-order chi connectivity index (χ1) is 14.8. The van der Waals surface area contributed by atoms with Crippen LogP contribution in [-0.4, -0.2) is 51.7 Å². The van der Waals surface area contributed by atoms with Crippen molar-refractivity contribution in [3.63, 3.8) is 0 Å². The number of nitrogens with one attached hydrogen (secondary N) is 2. The van der Waals surface area contributed by atoms with Crippen LogP contribution in [0.4, 0.5) is 5.82 Å². The first-order valence-electron chi connectivity index (χ1n) is 11.3. The summed E-state index contributed by atoms with van der Waals surface area (Å²) in [6, 6.07) is 12.2. The molecule has 2 aromatic heterocycles. The highest BCUT2D eigenvalue weighted by Gasteiger charge is 2.37. The van der Waals surface area contributed by atoms with Crippen LogP contribution in [0, 0.1) is 0 Å². The Morgan fingerprint density at radius 1 is 1.17 bits per heavy atom. The van der Waals surface area contributed by atoms with Crippen LogP contribution < -0.4 is 5.32 Å². The molecule has 3 aromatic rings. The van der Waals surface area contributed by atoms with Gasteiger partial charge in [0.1, 0.15) is 17.8 Å². The van der Waals surface area contributed by atoms with Gasteiger partial charge in [0, 0.05) is 24.3 Å². The minimum atomic E-state index is 0.202. The highest BCUT2D eigenvalue weighted by atomic mass is 16.5. The molecule has 30 heavy (non-hydrogen) atoms. The topological polar surface area (TPSA) is 66.1 Å². The predicted octanol–water partition coefficient (Wildman–Crippen LogP) is 4.02. The summed E-state index contributed by atoms with van der Waals surface area (Å²) in [5.41, 5.74) is 5.09. The fourth-order valence-corrected chi connectivity index (χ4v) is 5.34. The lowest BCUT2D eigenvalue weighted by molar-refractivity contribution is -0.0289. The van der Waals surface area contributed by atoms with E-state index in [-0.39, 0.29) is 6.04 Å². The van der Waals surface area contributed by atoms with Crippen molar-refractivity contribution in [2.45, 2.75) is 56.7 Å². The molecule has 6 heteroatoms. The number of rotatable bonds is 4. The molecular weight excluding hydrogens is 374 g/mol. The Kier molecular flexibility index (Phi) is 4.50. The number of aromatic nitrogens is 3. The Labute approximate surface area is 177 Å². The third kappa shape index (κ3) is 3.19. The van der Waals surface area contributed by atoms with Gasteiger partial charge in [-0.25, -0.2) is 9.97 Å². The first kappa shape index (κ1) is 18.3. The number of hydrogen-bond acceptors (Lipinski definition) is 5. The summed E-state index contributed by atoms with van der Waals surface area (Å²) in [6.45, 7) is 4.90. The Bertz CT molecular complexity index is 1060. The summed E-state index contributed by atoms with van der Waals surface area (Å²) in [6.07, 6.45) is 6.50. The van der Waals surface area contributed by atoms with Gasteiger partial charge in [0.15, 0.2) is 0 Å². The molecule has 3 atom stereocenters. The van der Waals surface area contributed by atoms with Gasteiger partial charge in [-0.1, -0.05) is 24.3 Å². The summed E-state index contributed by atoms with van der Waals surface area (Å²) in [4.78, 5) is 15.3. The van der Waals surface area contributed by atoms with E-state index >= 15 is 0 Å². The van der Waals surface area contributed by atoms with Gasteiger partial charge in [0.25, 0.3) is 0 Å². The lowest BCUT2D eigenvalue weighted by atomic mass is 9.82. The lowest BCUT2D eigenvalue weighted by Gasteiger charge is -2.45. The SMILES string of the molecule is C[C@H]1COCCN1[C@H]1CCc2ccccc2[C@@H]1Nc1ncnc2[nH]c(C3CC3)cc12. The van der Waals surface area contributed by atoms with E-state index in [0.29, 0.717) is 18.0 Å². The van der Waals surface area contributed by atoms with Gasteiger partial charge >= 0.3 is 0 Å². The molecule has 1 aromatic carbocycles. The van der Waals surface area contributed by atoms with Gasteiger partial charge in [-0.05, 0) is 55.7 Å². The van der Waals surface area contributed by atoms with Gasteiger partial charge in [0.05, 0.1) is 24.6 Å². The Hall–Kier alpha value is -2.44. The molecule has 2 aliphatic carbocycles. The number of H-pyrrole nitrogens is 1. The number of ether oxygens (including phenoxy) is 1. The van der Waals surface area contributed by atoms with E-state index in [2.05, 4.69) is 62.4 Å². The maximum atomic E-state index is 5.73. The largest absolute Gasteiger partial charge is 0.379 e. The molecule has 1 aliphatic heterocycles. The summed E-state index contributed by atoms with van der Waals surface area (Å²) < 4.78 is 5.73. The van der Waals surface area contributed by atoms with Gasteiger partial charge in [-0.3, -0.25) is 4.90 Å². The number of morpholine rings is 1. The number of nitrogens with zero attached hydrogens (tertiary/aromatic N) is 3. The molecule has 3 aliphatic rings. The normalized spacial score (nSPS) is 27.2. The minimum absolute atomic E-state index is 0.202. The second-order valence-electron chi connectivity index (χ2n) is 9.07. The zero-order chi connectivity index (χ0) is 20.1. The Balaban J connectivity index is 1.39. The fraction of sp³-hybridized carbons (Fsp3) is 0.500. The number of benzene rings is 1. The number of aryl methyl sites for hydroxylation is 1. The van der Waals surface area contributed by atoms with Crippen molar-refractivity contribution in [3.8, 4) is 0 Å². The lowest BCUT2D eigenvalue weighted by Crippen LogP contribution is -2.53. The van der Waals surface area contributed by atoms with Crippen LogP contribution in [0.5, 0.6) is 0 Å². The van der Waals surface area contributed by atoms with Crippen LogP contribution in [-0.2, 0) is 11.2 Å². The summed E-state index contributed by atoms with van der Waals surface area (Å²) in [7, 11) is 0. The highest BCUT2D eigenvalue weighted by molar-refractivity contribution is 5.88. The third-order valence-electron chi connectivity index (χ3n) is 7.09. The van der Waals surface area contributed by atoms with Gasteiger partial charge in [-0.15, -0.1) is 0 Å². The van der Waals surface area contributed by atoms with Crippen LogP contribution in [0.2, 0.25) is 0 Å². The molecule has 156 valence electrons. The monoisotopic (exact) mass is 403 g/mol. The molecular formula is C24H29N5O. The quantitative estimate of drug-likeness (QED) is 0.689. The molecule has 0 radical (unpaired) electrons. The molecule has 2 N–H and O–H groups in total. The van der Waals surface area contributed by atoms with Crippen molar-refractivity contribution in [1.82, 2.24) is 19.9 Å². The highest BCUT2D eigenvalue weighted by Crippen LogP contribution is 2.42. The molecule has 6 rings (SSSR count). The summed E-state index contributed by atoms with van der Waals surface area (Å²) >= 11 is 0. The van der Waals surface area contributed by atoms with Crippen LogP contribution >= 0.6 is 0 Å². The second-order valence-corrected chi connectivity index (χ2v) is 9.07. The molecule has 1 saturated carbocycles. The van der Waals surface area contributed by atoms with E-state index in [0.717, 1.165) is 49.5 Å². The van der Waals surface area contributed by atoms with Crippen molar-refractivity contribution in [2.75, 3.05) is 25.1 Å². The maximum absolute atomic E-state index is 5.73. The van der Waals surface area contributed by atoms with E-state index < -0.39 is 0 Å². The average Bonchev–Trinajstić information content (AvgIpc) is 3.53. The molecule has 2 fully saturated rings. The molecule has 3 heterocycles. The van der Waals surface area contributed by atoms with Crippen LogP contribution in [0.15, 0.2) is 36.7 Å². The maximum Gasteiger partial charge on any atom is 0.143 e. The van der Waals surface area contributed by atoms with Gasteiger partial charge < -0.3 is 15.0 Å². The third-order valence-corrected chi connectivity index (χ3v) is 7.09. The number of hydrogen-bond donors (Lipinski definition) is 2. The smallest absolute Gasteiger partial charge is 0.143 e. The zero-order valence-electron chi connectivity index (χ0n) is 17.5. The average molecular weight is 404 g/mol. The van der Waals surface area contributed by atoms with E-state index in [9.17, 15) is 0 Å². The second kappa shape index (κ2) is 7.36. The zero-order valence-corrected chi connectivity index (χ0v) is 17.5. The van der Waals surface area contributed by atoms with Gasteiger partial charge in [-0.2, -0.15) is 0 Å². The Morgan fingerprint density at radius 3 is 2.93 bits per heavy atom. The van der Waals surface area contributed by atoms with E-state index in [1.807, 2.05) is 0 Å². The predicted molar refractivity (Wildman–Crippen MR) is 118 cm³/mol. The van der Waals surface area contributed by atoms with Crippen LogP contribution in [0.25, 0.3) is 11.0 Å². The van der Waals surface area contributed by atoms with E-state index in [1.54, 1.807) is 6.33 Å². The molecule has 0 unspecified atom stereocenters. The minimum Gasteiger partial charge on any atom is -0.379 e. The molecule has 6 nitrogen and oxygen atoms in total. The van der Waals surface area contributed by atoms with Crippen LogP contribution in [0.3, 0.4) is 0 Å². The summed E-state index contributed by atoms with van der Waals surface area (Å²) in [5, 5.41) is 4.97.